The Morgan fingerprint density at radius 3 is 2.29 bits per heavy atom. The molecule has 5 nitrogen and oxygen atoms in total. The summed E-state index contributed by atoms with van der Waals surface area (Å²) in [4.78, 5) is 12.8. The molecule has 21 heavy (non-hydrogen) atoms. The van der Waals surface area contributed by atoms with E-state index < -0.39 is 12.0 Å². The molecular formula is C13H8Cl3N3O2. The highest BCUT2D eigenvalue weighted by molar-refractivity contribution is 6.46. The van der Waals surface area contributed by atoms with Gasteiger partial charge in [0.2, 0.25) is 0 Å². The van der Waals surface area contributed by atoms with Gasteiger partial charge in [-0.25, -0.2) is 4.79 Å². The molecule has 0 aliphatic carbocycles. The Hall–Kier alpha value is -1.66. The van der Waals surface area contributed by atoms with Crippen LogP contribution in [-0.4, -0.2) is 23.7 Å². The van der Waals surface area contributed by atoms with Gasteiger partial charge < -0.3 is 10.0 Å². The molecule has 0 amide bonds. The standard InChI is InChI=1S/C13H8Cl3N3O2/c14-9-6(4-17)10(15)11(16)12(7(9)5-18)19-3-1-2-8(19)13(20)21/h8H,1-3H2,(H,20,21)/t8-/m0/s1. The fourth-order valence-corrected chi connectivity index (χ4v) is 3.25. The summed E-state index contributed by atoms with van der Waals surface area (Å²) in [6.07, 6.45) is 1.08. The van der Waals surface area contributed by atoms with Crippen molar-refractivity contribution in [3.05, 3.63) is 26.2 Å². The van der Waals surface area contributed by atoms with E-state index in [-0.39, 0.29) is 31.9 Å². The molecule has 0 saturated carbocycles. The molecule has 0 spiro atoms. The van der Waals surface area contributed by atoms with Crippen LogP contribution in [0.25, 0.3) is 0 Å². The van der Waals surface area contributed by atoms with Gasteiger partial charge in [-0.15, -0.1) is 0 Å². The van der Waals surface area contributed by atoms with Crippen molar-refractivity contribution in [2.75, 3.05) is 11.4 Å². The summed E-state index contributed by atoms with van der Waals surface area (Å²) in [5, 5.41) is 27.4. The van der Waals surface area contributed by atoms with Gasteiger partial charge in [-0.05, 0) is 12.8 Å². The first-order chi connectivity index (χ1) is 9.93. The minimum absolute atomic E-state index is 0.0256. The van der Waals surface area contributed by atoms with Gasteiger partial charge in [0.1, 0.15) is 18.2 Å². The maximum atomic E-state index is 11.3. The van der Waals surface area contributed by atoms with Crippen LogP contribution in [0.3, 0.4) is 0 Å². The Bertz CT molecular complexity index is 706. The fourth-order valence-electron chi connectivity index (χ4n) is 2.41. The zero-order chi connectivity index (χ0) is 15.7. The summed E-state index contributed by atoms with van der Waals surface area (Å²) in [6, 6.07) is 2.88. The van der Waals surface area contributed by atoms with Crippen molar-refractivity contribution in [2.24, 2.45) is 0 Å². The molecule has 1 N–H and O–H groups in total. The van der Waals surface area contributed by atoms with E-state index in [2.05, 4.69) is 0 Å². The highest BCUT2D eigenvalue weighted by Gasteiger charge is 2.35. The number of hydrogen-bond acceptors (Lipinski definition) is 4. The lowest BCUT2D eigenvalue weighted by molar-refractivity contribution is -0.138. The lowest BCUT2D eigenvalue weighted by atomic mass is 10.1. The Morgan fingerprint density at radius 1 is 1.14 bits per heavy atom. The van der Waals surface area contributed by atoms with Crippen LogP contribution in [-0.2, 0) is 4.79 Å². The second-order valence-electron chi connectivity index (χ2n) is 4.45. The lowest BCUT2D eigenvalue weighted by Gasteiger charge is -2.26. The van der Waals surface area contributed by atoms with Gasteiger partial charge in [-0.3, -0.25) is 0 Å². The molecule has 1 aliphatic rings. The molecule has 1 fully saturated rings. The van der Waals surface area contributed by atoms with Crippen molar-refractivity contribution < 1.29 is 9.90 Å². The second kappa shape index (κ2) is 5.99. The Labute approximate surface area is 135 Å². The molecule has 1 aromatic carbocycles. The van der Waals surface area contributed by atoms with Gasteiger partial charge in [-0.2, -0.15) is 10.5 Å². The first kappa shape index (κ1) is 15.7. The molecule has 0 unspecified atom stereocenters. The SMILES string of the molecule is N#Cc1c(Cl)c(Cl)c(N2CCC[C@H]2C(=O)O)c(C#N)c1Cl. The number of carboxylic acid groups (broad SMARTS) is 1. The smallest absolute Gasteiger partial charge is 0.326 e. The Balaban J connectivity index is 2.73. The number of aliphatic carboxylic acids is 1. The highest BCUT2D eigenvalue weighted by atomic mass is 35.5. The summed E-state index contributed by atoms with van der Waals surface area (Å²) < 4.78 is 0. The van der Waals surface area contributed by atoms with E-state index in [0.29, 0.717) is 19.4 Å². The maximum Gasteiger partial charge on any atom is 0.326 e. The molecule has 8 heteroatoms. The van der Waals surface area contributed by atoms with Gasteiger partial charge in [0.25, 0.3) is 0 Å². The van der Waals surface area contributed by atoms with E-state index in [1.807, 2.05) is 6.07 Å². The largest absolute Gasteiger partial charge is 0.480 e. The van der Waals surface area contributed by atoms with Crippen molar-refractivity contribution >= 4 is 46.5 Å². The van der Waals surface area contributed by atoms with Crippen molar-refractivity contribution in [1.29, 1.82) is 10.5 Å². The van der Waals surface area contributed by atoms with E-state index in [1.165, 1.54) is 4.90 Å². The van der Waals surface area contributed by atoms with E-state index >= 15 is 0 Å². The van der Waals surface area contributed by atoms with Crippen molar-refractivity contribution in [3.8, 4) is 12.1 Å². The third-order valence-electron chi connectivity index (χ3n) is 3.34. The number of nitriles is 2. The number of rotatable bonds is 2. The monoisotopic (exact) mass is 343 g/mol. The lowest BCUT2D eigenvalue weighted by Crippen LogP contribution is -2.36. The van der Waals surface area contributed by atoms with Crippen LogP contribution in [0, 0.1) is 22.7 Å². The van der Waals surface area contributed by atoms with Gasteiger partial charge in [0.05, 0.1) is 31.9 Å². The molecule has 2 rings (SSSR count). The molecule has 1 heterocycles. The second-order valence-corrected chi connectivity index (χ2v) is 5.59. The highest BCUT2D eigenvalue weighted by Crippen LogP contribution is 2.44. The molecule has 1 aliphatic heterocycles. The normalized spacial score (nSPS) is 17.4. The van der Waals surface area contributed by atoms with Crippen LogP contribution in [0.1, 0.15) is 24.0 Å². The first-order valence-electron chi connectivity index (χ1n) is 5.94. The van der Waals surface area contributed by atoms with Crippen molar-refractivity contribution in [2.45, 2.75) is 18.9 Å². The summed E-state index contributed by atoms with van der Waals surface area (Å²) in [5.74, 6) is -1.01. The number of benzene rings is 1. The molecule has 1 aromatic rings. The van der Waals surface area contributed by atoms with Crippen LogP contribution in [0.4, 0.5) is 5.69 Å². The van der Waals surface area contributed by atoms with E-state index in [4.69, 9.17) is 40.1 Å². The average Bonchev–Trinajstić information content (AvgIpc) is 2.92. The zero-order valence-electron chi connectivity index (χ0n) is 10.5. The summed E-state index contributed by atoms with van der Waals surface area (Å²) >= 11 is 18.2. The van der Waals surface area contributed by atoms with Gasteiger partial charge >= 0.3 is 5.97 Å². The van der Waals surface area contributed by atoms with E-state index in [0.717, 1.165) is 0 Å². The zero-order valence-corrected chi connectivity index (χ0v) is 12.8. The minimum Gasteiger partial charge on any atom is -0.480 e. The molecule has 1 saturated heterocycles. The van der Waals surface area contributed by atoms with Gasteiger partial charge in [0.15, 0.2) is 0 Å². The van der Waals surface area contributed by atoms with E-state index in [9.17, 15) is 15.2 Å². The molecule has 0 radical (unpaired) electrons. The number of carboxylic acids is 1. The summed E-state index contributed by atoms with van der Waals surface area (Å²) in [7, 11) is 0. The van der Waals surface area contributed by atoms with Crippen LogP contribution in [0.15, 0.2) is 0 Å². The van der Waals surface area contributed by atoms with Crippen molar-refractivity contribution in [3.63, 3.8) is 0 Å². The fraction of sp³-hybridized carbons (Fsp3) is 0.308. The molecular weight excluding hydrogens is 337 g/mol. The predicted octanol–water partition coefficient (Wildman–Crippen LogP) is 3.44. The van der Waals surface area contributed by atoms with Gasteiger partial charge in [0, 0.05) is 6.54 Å². The topological polar surface area (TPSA) is 88.1 Å². The average molecular weight is 345 g/mol. The van der Waals surface area contributed by atoms with E-state index in [1.54, 1.807) is 6.07 Å². The Kier molecular flexibility index (Phi) is 4.49. The number of hydrogen-bond donors (Lipinski definition) is 1. The number of nitrogens with zero attached hydrogens (tertiary/aromatic N) is 3. The van der Waals surface area contributed by atoms with Crippen LogP contribution in [0.5, 0.6) is 0 Å². The molecule has 1 atom stereocenters. The van der Waals surface area contributed by atoms with Crippen LogP contribution < -0.4 is 4.90 Å². The predicted molar refractivity (Wildman–Crippen MR) is 78.9 cm³/mol. The van der Waals surface area contributed by atoms with Gasteiger partial charge in [-0.1, -0.05) is 34.8 Å². The van der Waals surface area contributed by atoms with Crippen molar-refractivity contribution in [1.82, 2.24) is 0 Å². The third-order valence-corrected chi connectivity index (χ3v) is 4.57. The Morgan fingerprint density at radius 2 is 1.76 bits per heavy atom. The molecule has 108 valence electrons. The molecule has 0 bridgehead atoms. The summed E-state index contributed by atoms with van der Waals surface area (Å²) in [6.45, 7) is 0.421. The minimum atomic E-state index is -1.01. The van der Waals surface area contributed by atoms with Crippen LogP contribution >= 0.6 is 34.8 Å². The maximum absolute atomic E-state index is 11.3. The first-order valence-corrected chi connectivity index (χ1v) is 7.07. The number of halogens is 3. The van der Waals surface area contributed by atoms with Crippen LogP contribution in [0.2, 0.25) is 15.1 Å². The summed E-state index contributed by atoms with van der Waals surface area (Å²) in [5.41, 5.74) is 0.0588. The molecule has 0 aromatic heterocycles. The quantitative estimate of drug-likeness (QED) is 0.830. The number of anilines is 1. The number of carbonyl (C=O) groups is 1. The third kappa shape index (κ3) is 2.49.